The lowest BCUT2D eigenvalue weighted by atomic mass is 10.2. The average Bonchev–Trinajstić information content (AvgIpc) is 2.54. The van der Waals surface area contributed by atoms with Crippen LogP contribution >= 0.6 is 0 Å². The Labute approximate surface area is 153 Å². The maximum absolute atomic E-state index is 11.5. The number of hydrogen-bond acceptors (Lipinski definition) is 6. The van der Waals surface area contributed by atoms with Crippen LogP contribution in [-0.4, -0.2) is 36.5 Å². The molecule has 8 heteroatoms. The standard InChI is InChI=1S/C11H15N3O3.C7H12O2/c1-17-9-5-3-2-4-8(9)14-10(15)6-7(12)11(13)16;1-5-6(8)9-7(2,3)4/h2-5,7H,6,12H2,1H3,(H2,13,16)(H,14,15);5H,1H2,2-4H3/t7-;/m0./s1. The number of anilines is 1. The number of primary amides is 1. The molecule has 2 amide bonds. The largest absolute Gasteiger partial charge is 0.495 e. The molecule has 0 aliphatic rings. The fourth-order valence-electron chi connectivity index (χ4n) is 1.59. The minimum absolute atomic E-state index is 0.159. The van der Waals surface area contributed by atoms with Gasteiger partial charge in [-0.3, -0.25) is 9.59 Å². The quantitative estimate of drug-likeness (QED) is 0.515. The molecular formula is C18H27N3O5. The SMILES string of the molecule is C=CC(=O)OC(C)(C)C.COc1ccccc1NC(=O)C[C@H](N)C(N)=O. The molecule has 0 spiro atoms. The normalized spacial score (nSPS) is 11.3. The summed E-state index contributed by atoms with van der Waals surface area (Å²) >= 11 is 0. The van der Waals surface area contributed by atoms with Crippen LogP contribution in [0, 0.1) is 0 Å². The second-order valence-electron chi connectivity index (χ2n) is 6.20. The van der Waals surface area contributed by atoms with E-state index in [0.29, 0.717) is 11.4 Å². The van der Waals surface area contributed by atoms with Gasteiger partial charge < -0.3 is 26.3 Å². The smallest absolute Gasteiger partial charge is 0.330 e. The van der Waals surface area contributed by atoms with Gasteiger partial charge in [0.2, 0.25) is 11.8 Å². The van der Waals surface area contributed by atoms with Crippen molar-refractivity contribution in [3.63, 3.8) is 0 Å². The van der Waals surface area contributed by atoms with Crippen LogP contribution in [0.1, 0.15) is 27.2 Å². The number of ether oxygens (including phenoxy) is 2. The van der Waals surface area contributed by atoms with Crippen molar-refractivity contribution in [2.45, 2.75) is 38.8 Å². The maximum atomic E-state index is 11.5. The number of esters is 1. The molecule has 1 aromatic rings. The molecule has 0 heterocycles. The molecule has 1 aromatic carbocycles. The van der Waals surface area contributed by atoms with Gasteiger partial charge in [-0.15, -0.1) is 0 Å². The summed E-state index contributed by atoms with van der Waals surface area (Å²) in [5.74, 6) is -0.933. The van der Waals surface area contributed by atoms with Crippen LogP contribution in [0.5, 0.6) is 5.75 Å². The molecule has 1 rings (SSSR count). The van der Waals surface area contributed by atoms with Gasteiger partial charge in [-0.1, -0.05) is 18.7 Å². The fraction of sp³-hybridized carbons (Fsp3) is 0.389. The Balaban J connectivity index is 0.000000590. The zero-order valence-corrected chi connectivity index (χ0v) is 15.6. The highest BCUT2D eigenvalue weighted by atomic mass is 16.6. The molecule has 8 nitrogen and oxygen atoms in total. The van der Waals surface area contributed by atoms with Gasteiger partial charge in [0.15, 0.2) is 0 Å². The molecular weight excluding hydrogens is 338 g/mol. The Hall–Kier alpha value is -2.87. The van der Waals surface area contributed by atoms with E-state index in [9.17, 15) is 14.4 Å². The second kappa shape index (κ2) is 10.9. The summed E-state index contributed by atoms with van der Waals surface area (Å²) in [7, 11) is 1.50. The summed E-state index contributed by atoms with van der Waals surface area (Å²) in [6.07, 6.45) is 0.999. The number of amides is 2. The first-order valence-electron chi connectivity index (χ1n) is 7.83. The van der Waals surface area contributed by atoms with Gasteiger partial charge in [0.25, 0.3) is 0 Å². The van der Waals surface area contributed by atoms with Crippen LogP contribution in [0.3, 0.4) is 0 Å². The lowest BCUT2D eigenvalue weighted by molar-refractivity contribution is -0.148. The lowest BCUT2D eigenvalue weighted by Crippen LogP contribution is -2.39. The Morgan fingerprint density at radius 1 is 1.27 bits per heavy atom. The number of para-hydroxylation sites is 2. The van der Waals surface area contributed by atoms with Crippen molar-refractivity contribution in [2.24, 2.45) is 11.5 Å². The highest BCUT2D eigenvalue weighted by Gasteiger charge is 2.15. The van der Waals surface area contributed by atoms with Crippen LogP contribution in [0.25, 0.3) is 0 Å². The summed E-state index contributed by atoms with van der Waals surface area (Å²) in [5, 5.41) is 2.60. The van der Waals surface area contributed by atoms with Crippen molar-refractivity contribution in [3.05, 3.63) is 36.9 Å². The molecule has 0 aliphatic heterocycles. The average molecular weight is 365 g/mol. The van der Waals surface area contributed by atoms with E-state index in [1.807, 2.05) is 20.8 Å². The molecule has 144 valence electrons. The third kappa shape index (κ3) is 10.1. The maximum Gasteiger partial charge on any atom is 0.330 e. The number of nitrogens with two attached hydrogens (primary N) is 2. The van der Waals surface area contributed by atoms with Crippen LogP contribution < -0.4 is 21.5 Å². The monoisotopic (exact) mass is 365 g/mol. The summed E-state index contributed by atoms with van der Waals surface area (Å²) < 4.78 is 9.89. The minimum atomic E-state index is -0.982. The first-order chi connectivity index (χ1) is 12.0. The Morgan fingerprint density at radius 3 is 2.27 bits per heavy atom. The number of rotatable bonds is 6. The number of benzene rings is 1. The minimum Gasteiger partial charge on any atom is -0.495 e. The summed E-state index contributed by atoms with van der Waals surface area (Å²) in [6, 6.07) is 5.95. The van der Waals surface area contributed by atoms with E-state index in [1.165, 1.54) is 7.11 Å². The molecule has 5 N–H and O–H groups in total. The Kier molecular flexibility index (Phi) is 9.68. The van der Waals surface area contributed by atoms with Gasteiger partial charge in [0.1, 0.15) is 11.4 Å². The summed E-state index contributed by atoms with van der Waals surface area (Å²) in [4.78, 5) is 32.7. The predicted octanol–water partition coefficient (Wildman–Crippen LogP) is 1.35. The zero-order chi connectivity index (χ0) is 20.3. The van der Waals surface area contributed by atoms with E-state index in [2.05, 4.69) is 11.9 Å². The van der Waals surface area contributed by atoms with Gasteiger partial charge in [0, 0.05) is 6.08 Å². The van der Waals surface area contributed by atoms with E-state index in [4.69, 9.17) is 20.9 Å². The first-order valence-corrected chi connectivity index (χ1v) is 7.83. The number of nitrogens with one attached hydrogen (secondary N) is 1. The topological polar surface area (TPSA) is 134 Å². The molecule has 1 atom stereocenters. The third-order valence-corrected chi connectivity index (χ3v) is 2.73. The predicted molar refractivity (Wildman–Crippen MR) is 99.5 cm³/mol. The van der Waals surface area contributed by atoms with Gasteiger partial charge in [-0.2, -0.15) is 0 Å². The molecule has 0 unspecified atom stereocenters. The van der Waals surface area contributed by atoms with Gasteiger partial charge in [-0.05, 0) is 32.9 Å². The van der Waals surface area contributed by atoms with E-state index in [1.54, 1.807) is 24.3 Å². The lowest BCUT2D eigenvalue weighted by Gasteiger charge is -2.17. The summed E-state index contributed by atoms with van der Waals surface area (Å²) in [5.41, 5.74) is 10.5. The highest BCUT2D eigenvalue weighted by Crippen LogP contribution is 2.23. The van der Waals surface area contributed by atoms with Crippen molar-refractivity contribution in [1.82, 2.24) is 0 Å². The number of hydrogen-bond donors (Lipinski definition) is 3. The first kappa shape index (κ1) is 23.1. The molecule has 0 saturated heterocycles. The molecule has 0 fully saturated rings. The van der Waals surface area contributed by atoms with Crippen molar-refractivity contribution in [1.29, 1.82) is 0 Å². The van der Waals surface area contributed by atoms with Crippen molar-refractivity contribution in [3.8, 4) is 5.75 Å². The molecule has 0 radical (unpaired) electrons. The molecule has 0 bridgehead atoms. The van der Waals surface area contributed by atoms with Crippen LogP contribution in [0.15, 0.2) is 36.9 Å². The second-order valence-corrected chi connectivity index (χ2v) is 6.20. The van der Waals surface area contributed by atoms with Gasteiger partial charge in [-0.25, -0.2) is 4.79 Å². The third-order valence-electron chi connectivity index (χ3n) is 2.73. The van der Waals surface area contributed by atoms with Gasteiger partial charge in [0.05, 0.1) is 25.3 Å². The molecule has 0 aliphatic carbocycles. The van der Waals surface area contributed by atoms with Crippen LogP contribution in [0.4, 0.5) is 5.69 Å². The molecule has 0 aromatic heterocycles. The zero-order valence-electron chi connectivity index (χ0n) is 15.6. The number of carbonyl (C=O) groups is 3. The van der Waals surface area contributed by atoms with Crippen LogP contribution in [0.2, 0.25) is 0 Å². The molecule has 26 heavy (non-hydrogen) atoms. The molecule has 0 saturated carbocycles. The number of carbonyl (C=O) groups excluding carboxylic acids is 3. The van der Waals surface area contributed by atoms with E-state index in [0.717, 1.165) is 6.08 Å². The Bertz CT molecular complexity index is 638. The van der Waals surface area contributed by atoms with Crippen molar-refractivity contribution < 1.29 is 23.9 Å². The van der Waals surface area contributed by atoms with Crippen molar-refractivity contribution in [2.75, 3.05) is 12.4 Å². The number of methoxy groups -OCH3 is 1. The van der Waals surface area contributed by atoms with E-state index < -0.39 is 17.6 Å². The highest BCUT2D eigenvalue weighted by molar-refractivity contribution is 5.95. The summed E-state index contributed by atoms with van der Waals surface area (Å²) in [6.45, 7) is 8.71. The van der Waals surface area contributed by atoms with Crippen LogP contribution in [-0.2, 0) is 19.1 Å². The fourth-order valence-corrected chi connectivity index (χ4v) is 1.59. The van der Waals surface area contributed by atoms with Gasteiger partial charge >= 0.3 is 5.97 Å². The van der Waals surface area contributed by atoms with E-state index >= 15 is 0 Å². The van der Waals surface area contributed by atoms with E-state index in [-0.39, 0.29) is 18.3 Å². The Morgan fingerprint density at radius 2 is 1.85 bits per heavy atom. The van der Waals surface area contributed by atoms with Crippen molar-refractivity contribution >= 4 is 23.5 Å².